The summed E-state index contributed by atoms with van der Waals surface area (Å²) in [7, 11) is 0.680. The lowest BCUT2D eigenvalue weighted by molar-refractivity contribution is 0.115. The van der Waals surface area contributed by atoms with Crippen molar-refractivity contribution in [1.29, 1.82) is 0 Å². The van der Waals surface area contributed by atoms with Gasteiger partial charge < -0.3 is 15.0 Å². The first kappa shape index (κ1) is 20.9. The second-order valence-electron chi connectivity index (χ2n) is 5.15. The lowest BCUT2D eigenvalue weighted by Crippen LogP contribution is -2.42. The van der Waals surface area contributed by atoms with E-state index in [1.54, 1.807) is 14.0 Å². The summed E-state index contributed by atoms with van der Waals surface area (Å²) < 4.78 is 28.4. The van der Waals surface area contributed by atoms with Crippen molar-refractivity contribution in [3.8, 4) is 0 Å². The van der Waals surface area contributed by atoms with E-state index in [0.717, 1.165) is 19.1 Å². The van der Waals surface area contributed by atoms with Crippen LogP contribution in [-0.2, 0) is 14.6 Å². The van der Waals surface area contributed by atoms with E-state index in [1.807, 2.05) is 11.9 Å². The van der Waals surface area contributed by atoms with Crippen LogP contribution in [0.3, 0.4) is 0 Å². The van der Waals surface area contributed by atoms with Crippen molar-refractivity contribution in [2.24, 2.45) is 10.9 Å². The topological polar surface area (TPSA) is 71.0 Å². The molecular formula is C13H28IN3O3S. The molecule has 8 heteroatoms. The van der Waals surface area contributed by atoms with Gasteiger partial charge in [0.25, 0.3) is 0 Å². The third kappa shape index (κ3) is 9.51. The van der Waals surface area contributed by atoms with Gasteiger partial charge in [0, 0.05) is 39.5 Å². The van der Waals surface area contributed by atoms with Crippen LogP contribution in [0.1, 0.15) is 19.8 Å². The van der Waals surface area contributed by atoms with Crippen LogP contribution in [-0.4, -0.2) is 71.2 Å². The van der Waals surface area contributed by atoms with E-state index in [-0.39, 0.29) is 35.5 Å². The molecule has 0 unspecified atom stereocenters. The fourth-order valence-corrected chi connectivity index (χ4v) is 2.39. The summed E-state index contributed by atoms with van der Waals surface area (Å²) in [5, 5.41) is 3.06. The SMILES string of the molecule is CCS(=O)(=O)CCNC(=NC)N(C)CCOCC1CC1.I. The van der Waals surface area contributed by atoms with Crippen molar-refractivity contribution in [3.05, 3.63) is 0 Å². The molecule has 0 saturated heterocycles. The first-order valence-corrected chi connectivity index (χ1v) is 9.00. The lowest BCUT2D eigenvalue weighted by atomic mass is 10.5. The van der Waals surface area contributed by atoms with Crippen molar-refractivity contribution >= 4 is 39.8 Å². The summed E-state index contributed by atoms with van der Waals surface area (Å²) in [5.74, 6) is 1.79. The molecule has 0 bridgehead atoms. The van der Waals surface area contributed by atoms with E-state index >= 15 is 0 Å². The van der Waals surface area contributed by atoms with Gasteiger partial charge in [0.05, 0.1) is 12.4 Å². The number of nitrogens with one attached hydrogen (secondary N) is 1. The third-order valence-electron chi connectivity index (χ3n) is 3.33. The molecule has 0 aromatic rings. The van der Waals surface area contributed by atoms with Crippen LogP contribution in [0, 0.1) is 5.92 Å². The van der Waals surface area contributed by atoms with Crippen LogP contribution >= 0.6 is 24.0 Å². The number of hydrogen-bond acceptors (Lipinski definition) is 4. The molecule has 6 nitrogen and oxygen atoms in total. The van der Waals surface area contributed by atoms with Crippen LogP contribution in [0.4, 0.5) is 0 Å². The van der Waals surface area contributed by atoms with Gasteiger partial charge in [-0.3, -0.25) is 4.99 Å². The number of halogens is 1. The minimum absolute atomic E-state index is 0. The van der Waals surface area contributed by atoms with E-state index in [0.29, 0.717) is 19.1 Å². The van der Waals surface area contributed by atoms with Gasteiger partial charge in [0.15, 0.2) is 15.8 Å². The average molecular weight is 433 g/mol. The number of aliphatic imine (C=N–C) groups is 1. The first-order chi connectivity index (χ1) is 9.48. The predicted molar refractivity (Wildman–Crippen MR) is 97.3 cm³/mol. The molecular weight excluding hydrogens is 405 g/mol. The van der Waals surface area contributed by atoms with Crippen molar-refractivity contribution in [2.45, 2.75) is 19.8 Å². The maximum absolute atomic E-state index is 11.4. The molecule has 0 atom stereocenters. The molecule has 21 heavy (non-hydrogen) atoms. The zero-order chi connectivity index (χ0) is 15.0. The number of nitrogens with zero attached hydrogens (tertiary/aromatic N) is 2. The van der Waals surface area contributed by atoms with Gasteiger partial charge in [-0.25, -0.2) is 8.42 Å². The summed E-state index contributed by atoms with van der Waals surface area (Å²) in [6.45, 7) is 4.31. The molecule has 0 aromatic heterocycles. The minimum Gasteiger partial charge on any atom is -0.379 e. The zero-order valence-electron chi connectivity index (χ0n) is 13.2. The minimum atomic E-state index is -2.93. The number of sulfone groups is 1. The van der Waals surface area contributed by atoms with Crippen molar-refractivity contribution in [3.63, 3.8) is 0 Å². The number of guanidine groups is 1. The maximum atomic E-state index is 11.4. The Morgan fingerprint density at radius 1 is 1.43 bits per heavy atom. The molecule has 0 amide bonds. The molecule has 1 fully saturated rings. The highest BCUT2D eigenvalue weighted by Crippen LogP contribution is 2.28. The molecule has 1 aliphatic carbocycles. The Kier molecular flexibility index (Phi) is 10.6. The summed E-state index contributed by atoms with van der Waals surface area (Å²) in [4.78, 5) is 6.09. The number of likely N-dealkylation sites (N-methyl/N-ethyl adjacent to an activating group) is 1. The van der Waals surface area contributed by atoms with Crippen LogP contribution in [0.25, 0.3) is 0 Å². The molecule has 126 valence electrons. The standard InChI is InChI=1S/C13H27N3O3S.HI/c1-4-20(17,18)10-7-15-13(14-2)16(3)8-9-19-11-12-5-6-12;/h12H,4-11H2,1-3H3,(H,14,15);1H. The Bertz CT molecular complexity index is 411. The Labute approximate surface area is 145 Å². The largest absolute Gasteiger partial charge is 0.379 e. The highest BCUT2D eigenvalue weighted by atomic mass is 127. The molecule has 1 aliphatic rings. The summed E-state index contributed by atoms with van der Waals surface area (Å²) >= 11 is 0. The summed E-state index contributed by atoms with van der Waals surface area (Å²) in [5.41, 5.74) is 0. The van der Waals surface area contributed by atoms with Crippen molar-refractivity contribution < 1.29 is 13.2 Å². The van der Waals surface area contributed by atoms with Gasteiger partial charge in [0.1, 0.15) is 0 Å². The Morgan fingerprint density at radius 3 is 2.62 bits per heavy atom. The van der Waals surface area contributed by atoms with E-state index in [2.05, 4.69) is 10.3 Å². The first-order valence-electron chi connectivity index (χ1n) is 7.18. The molecule has 1 rings (SSSR count). The monoisotopic (exact) mass is 433 g/mol. The number of ether oxygens (including phenoxy) is 1. The summed E-state index contributed by atoms with van der Waals surface area (Å²) in [6.07, 6.45) is 2.59. The Balaban J connectivity index is 0.00000400. The zero-order valence-corrected chi connectivity index (χ0v) is 16.3. The Morgan fingerprint density at radius 2 is 2.10 bits per heavy atom. The van der Waals surface area contributed by atoms with Gasteiger partial charge in [-0.2, -0.15) is 0 Å². The fourth-order valence-electron chi connectivity index (χ4n) is 1.69. The van der Waals surface area contributed by atoms with Gasteiger partial charge >= 0.3 is 0 Å². The van der Waals surface area contributed by atoms with Crippen molar-refractivity contribution in [2.75, 3.05) is 51.9 Å². The molecule has 1 saturated carbocycles. The van der Waals surface area contributed by atoms with Crippen LogP contribution in [0.15, 0.2) is 4.99 Å². The molecule has 0 aromatic carbocycles. The van der Waals surface area contributed by atoms with Gasteiger partial charge in [-0.15, -0.1) is 24.0 Å². The highest BCUT2D eigenvalue weighted by molar-refractivity contribution is 14.0. The average Bonchev–Trinajstić information content (AvgIpc) is 3.23. The van der Waals surface area contributed by atoms with Gasteiger partial charge in [-0.05, 0) is 18.8 Å². The van der Waals surface area contributed by atoms with Gasteiger partial charge in [0.2, 0.25) is 0 Å². The van der Waals surface area contributed by atoms with E-state index in [1.165, 1.54) is 12.8 Å². The van der Waals surface area contributed by atoms with Crippen LogP contribution in [0.5, 0.6) is 0 Å². The van der Waals surface area contributed by atoms with Crippen LogP contribution in [0.2, 0.25) is 0 Å². The molecule has 0 spiro atoms. The van der Waals surface area contributed by atoms with E-state index < -0.39 is 9.84 Å². The maximum Gasteiger partial charge on any atom is 0.193 e. The smallest absolute Gasteiger partial charge is 0.193 e. The molecule has 0 heterocycles. The third-order valence-corrected chi connectivity index (χ3v) is 5.04. The molecule has 0 radical (unpaired) electrons. The number of rotatable bonds is 9. The molecule has 0 aliphatic heterocycles. The Hall–Kier alpha value is -0.0900. The number of hydrogen-bond donors (Lipinski definition) is 1. The fraction of sp³-hybridized carbons (Fsp3) is 0.923. The lowest BCUT2D eigenvalue weighted by Gasteiger charge is -2.22. The van der Waals surface area contributed by atoms with E-state index in [9.17, 15) is 8.42 Å². The van der Waals surface area contributed by atoms with Crippen molar-refractivity contribution in [1.82, 2.24) is 10.2 Å². The second-order valence-corrected chi connectivity index (χ2v) is 7.62. The van der Waals surface area contributed by atoms with E-state index in [4.69, 9.17) is 4.74 Å². The predicted octanol–water partition coefficient (Wildman–Crippen LogP) is 0.973. The normalized spacial score (nSPS) is 15.5. The highest BCUT2D eigenvalue weighted by Gasteiger charge is 2.21. The van der Waals surface area contributed by atoms with Crippen LogP contribution < -0.4 is 5.32 Å². The molecule has 1 N–H and O–H groups in total. The summed E-state index contributed by atoms with van der Waals surface area (Å²) in [6, 6.07) is 0. The quantitative estimate of drug-likeness (QED) is 0.254. The second kappa shape index (κ2) is 10.6. The van der Waals surface area contributed by atoms with Gasteiger partial charge in [-0.1, -0.05) is 6.92 Å².